The van der Waals surface area contributed by atoms with Gasteiger partial charge in [0.25, 0.3) is 0 Å². The standard InChI is InChI=1S/C15H27N3O2/c1-12(19)17-6-3-7-18(9-8-17)15(20)14-5-2-4-13(10-14)11-16/h13-14H,2-11,16H2,1H3. The largest absolute Gasteiger partial charge is 0.341 e. The lowest BCUT2D eigenvalue weighted by molar-refractivity contribution is -0.137. The quantitative estimate of drug-likeness (QED) is 0.815. The fraction of sp³-hybridized carbons (Fsp3) is 0.867. The van der Waals surface area contributed by atoms with Crippen LogP contribution in [0.25, 0.3) is 0 Å². The molecular formula is C15H27N3O2. The second-order valence-electron chi connectivity index (χ2n) is 6.15. The highest BCUT2D eigenvalue weighted by molar-refractivity contribution is 5.79. The number of carbonyl (C=O) groups excluding carboxylic acids is 2. The number of amides is 2. The molecule has 0 aromatic heterocycles. The average molecular weight is 281 g/mol. The molecule has 0 spiro atoms. The number of hydrogen-bond donors (Lipinski definition) is 1. The summed E-state index contributed by atoms with van der Waals surface area (Å²) in [5.41, 5.74) is 5.75. The van der Waals surface area contributed by atoms with Crippen molar-refractivity contribution in [3.05, 3.63) is 0 Å². The molecule has 2 fully saturated rings. The fourth-order valence-corrected chi connectivity index (χ4v) is 3.44. The van der Waals surface area contributed by atoms with Crippen molar-refractivity contribution >= 4 is 11.8 Å². The summed E-state index contributed by atoms with van der Waals surface area (Å²) >= 11 is 0. The maximum Gasteiger partial charge on any atom is 0.225 e. The highest BCUT2D eigenvalue weighted by Gasteiger charge is 2.30. The summed E-state index contributed by atoms with van der Waals surface area (Å²) in [5, 5.41) is 0. The predicted octanol–water partition coefficient (Wildman–Crippen LogP) is 0.832. The Bertz CT molecular complexity index is 359. The first-order valence-corrected chi connectivity index (χ1v) is 7.86. The van der Waals surface area contributed by atoms with Crippen molar-refractivity contribution in [2.45, 2.75) is 39.0 Å². The van der Waals surface area contributed by atoms with Crippen molar-refractivity contribution in [3.8, 4) is 0 Å². The van der Waals surface area contributed by atoms with Crippen LogP contribution in [0.4, 0.5) is 0 Å². The molecule has 2 aliphatic rings. The van der Waals surface area contributed by atoms with Gasteiger partial charge < -0.3 is 15.5 Å². The highest BCUT2D eigenvalue weighted by Crippen LogP contribution is 2.30. The van der Waals surface area contributed by atoms with E-state index in [1.165, 1.54) is 6.42 Å². The molecule has 20 heavy (non-hydrogen) atoms. The second kappa shape index (κ2) is 7.07. The fourth-order valence-electron chi connectivity index (χ4n) is 3.44. The predicted molar refractivity (Wildman–Crippen MR) is 78.0 cm³/mol. The molecule has 114 valence electrons. The topological polar surface area (TPSA) is 66.6 Å². The molecule has 1 saturated heterocycles. The second-order valence-corrected chi connectivity index (χ2v) is 6.15. The van der Waals surface area contributed by atoms with E-state index in [1.54, 1.807) is 6.92 Å². The third-order valence-corrected chi connectivity index (χ3v) is 4.72. The van der Waals surface area contributed by atoms with E-state index in [1.807, 2.05) is 9.80 Å². The Morgan fingerprint density at radius 2 is 1.75 bits per heavy atom. The Balaban J connectivity index is 1.90. The number of carbonyl (C=O) groups is 2. The zero-order valence-corrected chi connectivity index (χ0v) is 12.5. The van der Waals surface area contributed by atoms with Crippen LogP contribution in [0.1, 0.15) is 39.0 Å². The van der Waals surface area contributed by atoms with Gasteiger partial charge in [0.05, 0.1) is 0 Å². The third kappa shape index (κ3) is 3.72. The molecule has 2 amide bonds. The van der Waals surface area contributed by atoms with E-state index in [0.29, 0.717) is 25.6 Å². The van der Waals surface area contributed by atoms with E-state index < -0.39 is 0 Å². The van der Waals surface area contributed by atoms with E-state index in [4.69, 9.17) is 5.73 Å². The van der Waals surface area contributed by atoms with Crippen molar-refractivity contribution in [2.24, 2.45) is 17.6 Å². The Morgan fingerprint density at radius 1 is 1.05 bits per heavy atom. The van der Waals surface area contributed by atoms with Gasteiger partial charge in [0.15, 0.2) is 0 Å². The average Bonchev–Trinajstić information content (AvgIpc) is 2.72. The van der Waals surface area contributed by atoms with Crippen LogP contribution in [0, 0.1) is 11.8 Å². The normalized spacial score (nSPS) is 28.1. The van der Waals surface area contributed by atoms with Gasteiger partial charge in [0.1, 0.15) is 0 Å². The molecule has 1 aliphatic heterocycles. The van der Waals surface area contributed by atoms with Crippen LogP contribution < -0.4 is 5.73 Å². The van der Waals surface area contributed by atoms with Crippen molar-refractivity contribution in [2.75, 3.05) is 32.7 Å². The number of nitrogens with zero attached hydrogens (tertiary/aromatic N) is 2. The Hall–Kier alpha value is -1.10. The maximum atomic E-state index is 12.6. The van der Waals surface area contributed by atoms with Crippen molar-refractivity contribution in [3.63, 3.8) is 0 Å². The molecule has 0 bridgehead atoms. The van der Waals surface area contributed by atoms with Gasteiger partial charge in [-0.3, -0.25) is 9.59 Å². The summed E-state index contributed by atoms with van der Waals surface area (Å²) in [5.74, 6) is 1.06. The summed E-state index contributed by atoms with van der Waals surface area (Å²) in [4.78, 5) is 27.9. The smallest absolute Gasteiger partial charge is 0.225 e. The van der Waals surface area contributed by atoms with Gasteiger partial charge in [-0.2, -0.15) is 0 Å². The van der Waals surface area contributed by atoms with Crippen molar-refractivity contribution in [1.82, 2.24) is 9.80 Å². The molecule has 5 heteroatoms. The first kappa shape index (κ1) is 15.3. The van der Waals surface area contributed by atoms with Crippen molar-refractivity contribution < 1.29 is 9.59 Å². The lowest BCUT2D eigenvalue weighted by atomic mass is 9.80. The van der Waals surface area contributed by atoms with E-state index in [9.17, 15) is 9.59 Å². The van der Waals surface area contributed by atoms with E-state index in [0.717, 1.165) is 38.8 Å². The SMILES string of the molecule is CC(=O)N1CCCN(C(=O)C2CCCC(CN)C2)CC1. The first-order valence-electron chi connectivity index (χ1n) is 7.86. The van der Waals surface area contributed by atoms with Gasteiger partial charge in [0, 0.05) is 39.0 Å². The molecule has 2 atom stereocenters. The van der Waals surface area contributed by atoms with Gasteiger partial charge in [-0.25, -0.2) is 0 Å². The van der Waals surface area contributed by atoms with Crippen molar-refractivity contribution in [1.29, 1.82) is 0 Å². The Labute approximate surface area is 121 Å². The van der Waals surface area contributed by atoms with Crippen LogP contribution in [0.5, 0.6) is 0 Å². The highest BCUT2D eigenvalue weighted by atomic mass is 16.2. The van der Waals surface area contributed by atoms with Crippen LogP contribution in [0.15, 0.2) is 0 Å². The van der Waals surface area contributed by atoms with Crippen LogP contribution in [0.3, 0.4) is 0 Å². The maximum absolute atomic E-state index is 12.6. The number of hydrogen-bond acceptors (Lipinski definition) is 3. The lowest BCUT2D eigenvalue weighted by Gasteiger charge is -2.31. The van der Waals surface area contributed by atoms with E-state index in [2.05, 4.69) is 0 Å². The molecule has 2 rings (SSSR count). The Morgan fingerprint density at radius 3 is 2.45 bits per heavy atom. The summed E-state index contributed by atoms with van der Waals surface area (Å²) in [6.45, 7) is 5.21. The molecule has 5 nitrogen and oxygen atoms in total. The number of nitrogens with two attached hydrogens (primary N) is 1. The Kier molecular flexibility index (Phi) is 5.40. The minimum absolute atomic E-state index is 0.111. The van der Waals surface area contributed by atoms with Gasteiger partial charge in [-0.05, 0) is 38.1 Å². The summed E-state index contributed by atoms with van der Waals surface area (Å²) < 4.78 is 0. The molecule has 0 aromatic rings. The molecule has 2 N–H and O–H groups in total. The van der Waals surface area contributed by atoms with Crippen LogP contribution >= 0.6 is 0 Å². The summed E-state index contributed by atoms with van der Waals surface area (Å²) in [6, 6.07) is 0. The summed E-state index contributed by atoms with van der Waals surface area (Å²) in [6.07, 6.45) is 5.12. The van der Waals surface area contributed by atoms with E-state index >= 15 is 0 Å². The molecule has 2 unspecified atom stereocenters. The zero-order chi connectivity index (χ0) is 14.5. The molecule has 0 aromatic carbocycles. The summed E-state index contributed by atoms with van der Waals surface area (Å²) in [7, 11) is 0. The third-order valence-electron chi connectivity index (χ3n) is 4.72. The minimum Gasteiger partial charge on any atom is -0.341 e. The first-order chi connectivity index (χ1) is 9.61. The monoisotopic (exact) mass is 281 g/mol. The zero-order valence-electron chi connectivity index (χ0n) is 12.5. The van der Waals surface area contributed by atoms with Gasteiger partial charge in [-0.15, -0.1) is 0 Å². The molecule has 0 radical (unpaired) electrons. The van der Waals surface area contributed by atoms with Gasteiger partial charge >= 0.3 is 0 Å². The van der Waals surface area contributed by atoms with E-state index in [-0.39, 0.29) is 17.7 Å². The molecular weight excluding hydrogens is 254 g/mol. The van der Waals surface area contributed by atoms with Gasteiger partial charge in [-0.1, -0.05) is 6.42 Å². The van der Waals surface area contributed by atoms with Crippen LogP contribution in [-0.4, -0.2) is 54.3 Å². The molecule has 1 saturated carbocycles. The molecule has 1 aliphatic carbocycles. The number of rotatable bonds is 2. The van der Waals surface area contributed by atoms with Gasteiger partial charge in [0.2, 0.25) is 11.8 Å². The van der Waals surface area contributed by atoms with Crippen LogP contribution in [-0.2, 0) is 9.59 Å². The minimum atomic E-state index is 0.111. The lowest BCUT2D eigenvalue weighted by Crippen LogP contribution is -2.41. The van der Waals surface area contributed by atoms with Crippen LogP contribution in [0.2, 0.25) is 0 Å². The molecule has 1 heterocycles.